The molecule has 4 nitrogen and oxygen atoms in total. The van der Waals surface area contributed by atoms with Crippen LogP contribution in [0.25, 0.3) is 0 Å². The summed E-state index contributed by atoms with van der Waals surface area (Å²) in [5.74, 6) is 0.928. The Bertz CT molecular complexity index is 383. The van der Waals surface area contributed by atoms with E-state index in [4.69, 9.17) is 0 Å². The van der Waals surface area contributed by atoms with Crippen molar-refractivity contribution in [1.29, 1.82) is 0 Å². The number of rotatable bonds is 6. The maximum absolute atomic E-state index is 10.2. The Kier molecular flexibility index (Phi) is 5.76. The van der Waals surface area contributed by atoms with Crippen LogP contribution in [0.3, 0.4) is 0 Å². The third kappa shape index (κ3) is 5.17. The summed E-state index contributed by atoms with van der Waals surface area (Å²) in [5, 5.41) is 13.5. The number of nitrogens with one attached hydrogen (secondary N) is 1. The van der Waals surface area contributed by atoms with E-state index in [-0.39, 0.29) is 5.54 Å². The summed E-state index contributed by atoms with van der Waals surface area (Å²) in [4.78, 5) is 6.73. The maximum Gasteiger partial charge on any atom is 0.128 e. The highest BCUT2D eigenvalue weighted by Crippen LogP contribution is 2.16. The van der Waals surface area contributed by atoms with Crippen molar-refractivity contribution in [2.75, 3.05) is 24.5 Å². The molecule has 108 valence electrons. The molecule has 0 bridgehead atoms. The highest BCUT2D eigenvalue weighted by molar-refractivity contribution is 5.39. The molecule has 0 unspecified atom stereocenters. The highest BCUT2D eigenvalue weighted by atomic mass is 16.3. The van der Waals surface area contributed by atoms with Crippen LogP contribution in [0.4, 0.5) is 5.82 Å². The van der Waals surface area contributed by atoms with E-state index in [0.717, 1.165) is 24.6 Å². The van der Waals surface area contributed by atoms with Crippen LogP contribution in [0.15, 0.2) is 18.2 Å². The van der Waals surface area contributed by atoms with Crippen LogP contribution in [0.5, 0.6) is 0 Å². The fraction of sp³-hybridized carbons (Fsp3) is 0.667. The van der Waals surface area contributed by atoms with Gasteiger partial charge in [0, 0.05) is 25.2 Å². The Hall–Kier alpha value is -1.13. The molecule has 0 aromatic carbocycles. The van der Waals surface area contributed by atoms with Crippen molar-refractivity contribution in [2.45, 2.75) is 46.3 Å². The smallest absolute Gasteiger partial charge is 0.128 e. The molecule has 0 aliphatic heterocycles. The molecule has 1 aromatic heterocycles. The molecule has 1 aromatic rings. The second kappa shape index (κ2) is 6.87. The first-order valence-corrected chi connectivity index (χ1v) is 7.02. The van der Waals surface area contributed by atoms with Gasteiger partial charge < -0.3 is 15.3 Å². The van der Waals surface area contributed by atoms with E-state index in [2.05, 4.69) is 49.8 Å². The third-order valence-electron chi connectivity index (χ3n) is 3.01. The molecule has 1 heterocycles. The number of anilines is 1. The number of nitrogens with zero attached hydrogens (tertiary/aromatic N) is 2. The number of β-amino-alcohol motifs (C(OH)–C–C–N with tert-alkyl or cyclic N) is 1. The van der Waals surface area contributed by atoms with Gasteiger partial charge >= 0.3 is 0 Å². The van der Waals surface area contributed by atoms with Gasteiger partial charge in [0.1, 0.15) is 11.9 Å². The topological polar surface area (TPSA) is 48.4 Å². The maximum atomic E-state index is 10.2. The zero-order valence-corrected chi connectivity index (χ0v) is 12.8. The zero-order chi connectivity index (χ0) is 14.5. The number of aliphatic hydroxyl groups is 1. The summed E-state index contributed by atoms with van der Waals surface area (Å²) in [6.07, 6.45) is -0.574. The molecule has 0 spiro atoms. The van der Waals surface area contributed by atoms with Crippen molar-refractivity contribution >= 4 is 5.82 Å². The van der Waals surface area contributed by atoms with Crippen molar-refractivity contribution in [3.8, 4) is 0 Å². The molecule has 2 N–H and O–H groups in total. The average molecular weight is 265 g/mol. The van der Waals surface area contributed by atoms with Crippen molar-refractivity contribution in [3.05, 3.63) is 23.9 Å². The van der Waals surface area contributed by atoms with Gasteiger partial charge in [-0.25, -0.2) is 4.98 Å². The van der Waals surface area contributed by atoms with Crippen LogP contribution in [0.2, 0.25) is 0 Å². The molecule has 0 saturated carbocycles. The number of aromatic nitrogens is 1. The van der Waals surface area contributed by atoms with Gasteiger partial charge in [0.2, 0.25) is 0 Å². The summed E-state index contributed by atoms with van der Waals surface area (Å²) < 4.78 is 0. The summed E-state index contributed by atoms with van der Waals surface area (Å²) in [5.41, 5.74) is 0.721. The molecule has 1 rings (SSSR count). The van der Waals surface area contributed by atoms with Crippen LogP contribution in [0, 0.1) is 0 Å². The predicted molar refractivity (Wildman–Crippen MR) is 80.5 cm³/mol. The van der Waals surface area contributed by atoms with Gasteiger partial charge in [-0.05, 0) is 46.8 Å². The van der Waals surface area contributed by atoms with E-state index in [0.29, 0.717) is 6.54 Å². The van der Waals surface area contributed by atoms with E-state index in [9.17, 15) is 5.11 Å². The van der Waals surface area contributed by atoms with Crippen LogP contribution in [0.1, 0.15) is 46.4 Å². The lowest BCUT2D eigenvalue weighted by Gasteiger charge is -2.24. The molecule has 0 aliphatic carbocycles. The van der Waals surface area contributed by atoms with Gasteiger partial charge in [-0.15, -0.1) is 0 Å². The van der Waals surface area contributed by atoms with Crippen LogP contribution in [-0.2, 0) is 0 Å². The van der Waals surface area contributed by atoms with Crippen LogP contribution >= 0.6 is 0 Å². The Morgan fingerprint density at radius 3 is 2.42 bits per heavy atom. The van der Waals surface area contributed by atoms with E-state index >= 15 is 0 Å². The molecular weight excluding hydrogens is 238 g/mol. The van der Waals surface area contributed by atoms with Crippen molar-refractivity contribution < 1.29 is 5.11 Å². The summed E-state index contributed by atoms with van der Waals surface area (Å²) in [6, 6.07) is 5.82. The minimum absolute atomic E-state index is 0.00252. The van der Waals surface area contributed by atoms with Gasteiger partial charge in [0.25, 0.3) is 0 Å². The molecule has 19 heavy (non-hydrogen) atoms. The molecule has 0 radical (unpaired) electrons. The second-order valence-electron chi connectivity index (χ2n) is 5.74. The first kappa shape index (κ1) is 15.9. The molecule has 0 fully saturated rings. The Balaban J connectivity index is 2.75. The average Bonchev–Trinajstić information content (AvgIpc) is 2.37. The van der Waals surface area contributed by atoms with Crippen LogP contribution in [-0.4, -0.2) is 35.3 Å². The molecular formula is C15H27N3O. The minimum atomic E-state index is -0.574. The largest absolute Gasteiger partial charge is 0.385 e. The first-order valence-electron chi connectivity index (χ1n) is 7.02. The third-order valence-corrected chi connectivity index (χ3v) is 3.01. The lowest BCUT2D eigenvalue weighted by molar-refractivity contribution is 0.159. The van der Waals surface area contributed by atoms with Gasteiger partial charge in [-0.3, -0.25) is 0 Å². The number of pyridine rings is 1. The monoisotopic (exact) mass is 265 g/mol. The van der Waals surface area contributed by atoms with Crippen LogP contribution < -0.4 is 10.2 Å². The Labute approximate surface area is 116 Å². The highest BCUT2D eigenvalue weighted by Gasteiger charge is 2.15. The van der Waals surface area contributed by atoms with Crippen molar-refractivity contribution in [3.63, 3.8) is 0 Å². The normalized spacial score (nSPS) is 13.4. The van der Waals surface area contributed by atoms with Gasteiger partial charge in [-0.2, -0.15) is 0 Å². The predicted octanol–water partition coefficient (Wildman–Crippen LogP) is 2.35. The quantitative estimate of drug-likeness (QED) is 0.829. The standard InChI is InChI=1S/C15H27N3O/c1-6-18(7-2)14-10-8-9-12(17-14)13(19)11-16-15(3,4)5/h8-10,13,16,19H,6-7,11H2,1-5H3/t13-/m1/s1. The molecule has 0 amide bonds. The molecule has 4 heteroatoms. The van der Waals surface area contributed by atoms with Gasteiger partial charge in [0.15, 0.2) is 0 Å². The number of hydrogen-bond acceptors (Lipinski definition) is 4. The zero-order valence-electron chi connectivity index (χ0n) is 12.8. The molecule has 0 saturated heterocycles. The number of hydrogen-bond donors (Lipinski definition) is 2. The fourth-order valence-corrected chi connectivity index (χ4v) is 1.86. The summed E-state index contributed by atoms with van der Waals surface area (Å²) >= 11 is 0. The Morgan fingerprint density at radius 1 is 1.26 bits per heavy atom. The SMILES string of the molecule is CCN(CC)c1cccc([C@H](O)CNC(C)(C)C)n1. The number of aliphatic hydroxyl groups excluding tert-OH is 1. The second-order valence-corrected chi connectivity index (χ2v) is 5.74. The van der Waals surface area contributed by atoms with E-state index in [1.54, 1.807) is 0 Å². The van der Waals surface area contributed by atoms with Crippen molar-refractivity contribution in [1.82, 2.24) is 10.3 Å². The summed E-state index contributed by atoms with van der Waals surface area (Å²) in [6.45, 7) is 12.8. The lowest BCUT2D eigenvalue weighted by atomic mass is 10.1. The summed E-state index contributed by atoms with van der Waals surface area (Å²) in [7, 11) is 0. The lowest BCUT2D eigenvalue weighted by Crippen LogP contribution is -2.38. The minimum Gasteiger partial charge on any atom is -0.385 e. The molecule has 0 aliphatic rings. The van der Waals surface area contributed by atoms with Gasteiger partial charge in [0.05, 0.1) is 5.69 Å². The van der Waals surface area contributed by atoms with Gasteiger partial charge in [-0.1, -0.05) is 6.07 Å². The van der Waals surface area contributed by atoms with Crippen molar-refractivity contribution in [2.24, 2.45) is 0 Å². The van der Waals surface area contributed by atoms with E-state index in [1.165, 1.54) is 0 Å². The first-order chi connectivity index (χ1) is 8.87. The fourth-order valence-electron chi connectivity index (χ4n) is 1.86. The van der Waals surface area contributed by atoms with E-state index < -0.39 is 6.10 Å². The van der Waals surface area contributed by atoms with E-state index in [1.807, 2.05) is 18.2 Å². The molecule has 1 atom stereocenters. The Morgan fingerprint density at radius 2 is 1.89 bits per heavy atom.